The van der Waals surface area contributed by atoms with Crippen LogP contribution in [0.5, 0.6) is 0 Å². The standard InChI is InChI=1S/C13H18N4O/c1-10-2-3-12-15-13(16-17(12)8-10)14-6-4-11-5-7-18-9-11/h2-3,8,11H,4-7,9H2,1H3,(H,14,16). The van der Waals surface area contributed by atoms with Gasteiger partial charge in [0.2, 0.25) is 5.95 Å². The smallest absolute Gasteiger partial charge is 0.243 e. The summed E-state index contributed by atoms with van der Waals surface area (Å²) >= 11 is 0. The average molecular weight is 246 g/mol. The van der Waals surface area contributed by atoms with E-state index in [1.807, 2.05) is 29.8 Å². The molecule has 0 saturated carbocycles. The summed E-state index contributed by atoms with van der Waals surface area (Å²) < 4.78 is 7.17. The number of ether oxygens (including phenoxy) is 1. The summed E-state index contributed by atoms with van der Waals surface area (Å²) in [6.07, 6.45) is 4.28. The molecule has 1 saturated heterocycles. The van der Waals surface area contributed by atoms with Crippen molar-refractivity contribution < 1.29 is 4.74 Å². The SMILES string of the molecule is Cc1ccc2nc(NCCC3CCOC3)nn2c1. The van der Waals surface area contributed by atoms with E-state index in [0.29, 0.717) is 11.9 Å². The lowest BCUT2D eigenvalue weighted by atomic mass is 10.1. The number of hydrogen-bond donors (Lipinski definition) is 1. The van der Waals surface area contributed by atoms with Crippen molar-refractivity contribution in [2.75, 3.05) is 25.1 Å². The van der Waals surface area contributed by atoms with Crippen molar-refractivity contribution in [3.8, 4) is 0 Å². The van der Waals surface area contributed by atoms with Gasteiger partial charge in [-0.2, -0.15) is 4.98 Å². The maximum atomic E-state index is 5.36. The van der Waals surface area contributed by atoms with Gasteiger partial charge in [0.05, 0.1) is 0 Å². The van der Waals surface area contributed by atoms with Gasteiger partial charge >= 0.3 is 0 Å². The van der Waals surface area contributed by atoms with E-state index in [-0.39, 0.29) is 0 Å². The second kappa shape index (κ2) is 4.94. The highest BCUT2D eigenvalue weighted by Gasteiger charge is 2.15. The lowest BCUT2D eigenvalue weighted by molar-refractivity contribution is 0.185. The second-order valence-corrected chi connectivity index (χ2v) is 4.89. The predicted octanol–water partition coefficient (Wildman–Crippen LogP) is 1.88. The fourth-order valence-electron chi connectivity index (χ4n) is 2.26. The number of pyridine rings is 1. The quantitative estimate of drug-likeness (QED) is 0.895. The molecule has 1 unspecified atom stereocenters. The van der Waals surface area contributed by atoms with Gasteiger partial charge in [-0.3, -0.25) is 0 Å². The molecule has 2 aromatic rings. The van der Waals surface area contributed by atoms with Gasteiger partial charge in [0.25, 0.3) is 0 Å². The van der Waals surface area contributed by atoms with Gasteiger partial charge in [0.15, 0.2) is 5.65 Å². The second-order valence-electron chi connectivity index (χ2n) is 4.89. The van der Waals surface area contributed by atoms with Crippen molar-refractivity contribution in [3.05, 3.63) is 23.9 Å². The van der Waals surface area contributed by atoms with Crippen LogP contribution < -0.4 is 5.32 Å². The Bertz CT molecular complexity index is 531. The maximum Gasteiger partial charge on any atom is 0.243 e. The third kappa shape index (κ3) is 2.46. The molecular formula is C13H18N4O. The largest absolute Gasteiger partial charge is 0.381 e. The molecule has 2 aromatic heterocycles. The first-order chi connectivity index (χ1) is 8.81. The van der Waals surface area contributed by atoms with Crippen LogP contribution in [0.4, 0.5) is 5.95 Å². The van der Waals surface area contributed by atoms with Crippen LogP contribution >= 0.6 is 0 Å². The Hall–Kier alpha value is -1.62. The summed E-state index contributed by atoms with van der Waals surface area (Å²) in [6, 6.07) is 4.03. The zero-order chi connectivity index (χ0) is 12.4. The molecule has 1 aliphatic heterocycles. The summed E-state index contributed by atoms with van der Waals surface area (Å²) in [5.41, 5.74) is 2.06. The van der Waals surface area contributed by atoms with Crippen LogP contribution in [0.1, 0.15) is 18.4 Å². The van der Waals surface area contributed by atoms with E-state index >= 15 is 0 Å². The minimum Gasteiger partial charge on any atom is -0.381 e. The Morgan fingerprint density at radius 3 is 3.28 bits per heavy atom. The molecular weight excluding hydrogens is 228 g/mol. The number of nitrogens with one attached hydrogen (secondary N) is 1. The molecule has 18 heavy (non-hydrogen) atoms. The highest BCUT2D eigenvalue weighted by atomic mass is 16.5. The molecule has 5 nitrogen and oxygen atoms in total. The number of rotatable bonds is 4. The van der Waals surface area contributed by atoms with Gasteiger partial charge < -0.3 is 10.1 Å². The molecule has 0 amide bonds. The van der Waals surface area contributed by atoms with E-state index in [9.17, 15) is 0 Å². The zero-order valence-corrected chi connectivity index (χ0v) is 10.6. The van der Waals surface area contributed by atoms with Gasteiger partial charge in [-0.25, -0.2) is 4.52 Å². The number of fused-ring (bicyclic) bond motifs is 1. The first-order valence-electron chi connectivity index (χ1n) is 6.46. The molecule has 5 heteroatoms. The molecule has 0 bridgehead atoms. The number of aryl methyl sites for hydroxylation is 1. The van der Waals surface area contributed by atoms with Crippen LogP contribution in [0.3, 0.4) is 0 Å². The minimum atomic E-state index is 0.691. The molecule has 3 rings (SSSR count). The summed E-state index contributed by atoms with van der Waals surface area (Å²) in [5, 5.41) is 7.68. The van der Waals surface area contributed by atoms with Crippen molar-refractivity contribution in [2.45, 2.75) is 19.8 Å². The number of aromatic nitrogens is 3. The highest BCUT2D eigenvalue weighted by Crippen LogP contribution is 2.16. The normalized spacial score (nSPS) is 19.5. The van der Waals surface area contributed by atoms with Crippen molar-refractivity contribution in [3.63, 3.8) is 0 Å². The topological polar surface area (TPSA) is 51.5 Å². The third-order valence-corrected chi connectivity index (χ3v) is 3.34. The van der Waals surface area contributed by atoms with Crippen molar-refractivity contribution >= 4 is 11.6 Å². The molecule has 3 heterocycles. The van der Waals surface area contributed by atoms with E-state index < -0.39 is 0 Å². The first-order valence-corrected chi connectivity index (χ1v) is 6.46. The van der Waals surface area contributed by atoms with Crippen molar-refractivity contribution in [2.24, 2.45) is 5.92 Å². The molecule has 0 spiro atoms. The average Bonchev–Trinajstić information content (AvgIpc) is 2.97. The Morgan fingerprint density at radius 2 is 2.44 bits per heavy atom. The lowest BCUT2D eigenvalue weighted by Gasteiger charge is -2.06. The lowest BCUT2D eigenvalue weighted by Crippen LogP contribution is -2.09. The highest BCUT2D eigenvalue weighted by molar-refractivity contribution is 5.43. The fourth-order valence-corrected chi connectivity index (χ4v) is 2.26. The Morgan fingerprint density at radius 1 is 1.50 bits per heavy atom. The molecule has 1 atom stereocenters. The molecule has 0 aliphatic carbocycles. The van der Waals surface area contributed by atoms with E-state index in [1.165, 1.54) is 12.0 Å². The molecule has 1 fully saturated rings. The number of hydrogen-bond acceptors (Lipinski definition) is 4. The van der Waals surface area contributed by atoms with Crippen LogP contribution in [0.2, 0.25) is 0 Å². The Labute approximate surface area is 106 Å². The third-order valence-electron chi connectivity index (χ3n) is 3.34. The van der Waals surface area contributed by atoms with Gasteiger partial charge in [0, 0.05) is 26.0 Å². The van der Waals surface area contributed by atoms with Crippen LogP contribution in [0.25, 0.3) is 5.65 Å². The van der Waals surface area contributed by atoms with Crippen LogP contribution in [-0.2, 0) is 4.74 Å². The number of nitrogens with zero attached hydrogens (tertiary/aromatic N) is 3. The fraction of sp³-hybridized carbons (Fsp3) is 0.538. The van der Waals surface area contributed by atoms with Gasteiger partial charge in [-0.1, -0.05) is 6.07 Å². The minimum absolute atomic E-state index is 0.691. The van der Waals surface area contributed by atoms with E-state index in [0.717, 1.165) is 31.8 Å². The summed E-state index contributed by atoms with van der Waals surface area (Å²) in [5.74, 6) is 1.40. The molecule has 1 aliphatic rings. The van der Waals surface area contributed by atoms with E-state index in [4.69, 9.17) is 4.74 Å². The van der Waals surface area contributed by atoms with Crippen molar-refractivity contribution in [1.29, 1.82) is 0 Å². The zero-order valence-electron chi connectivity index (χ0n) is 10.6. The summed E-state index contributed by atoms with van der Waals surface area (Å²) in [4.78, 5) is 4.43. The maximum absolute atomic E-state index is 5.36. The van der Waals surface area contributed by atoms with Gasteiger partial charge in [-0.15, -0.1) is 5.10 Å². The van der Waals surface area contributed by atoms with Crippen LogP contribution in [0, 0.1) is 12.8 Å². The first kappa shape index (κ1) is 11.5. The molecule has 1 N–H and O–H groups in total. The number of anilines is 1. The summed E-state index contributed by atoms with van der Waals surface area (Å²) in [7, 11) is 0. The van der Waals surface area contributed by atoms with E-state index in [2.05, 4.69) is 15.4 Å². The predicted molar refractivity (Wildman–Crippen MR) is 69.8 cm³/mol. The molecule has 96 valence electrons. The van der Waals surface area contributed by atoms with Gasteiger partial charge in [-0.05, 0) is 37.3 Å². The Kier molecular flexibility index (Phi) is 3.15. The Balaban J connectivity index is 1.60. The summed E-state index contributed by atoms with van der Waals surface area (Å²) in [6.45, 7) is 4.77. The van der Waals surface area contributed by atoms with Crippen molar-refractivity contribution in [1.82, 2.24) is 14.6 Å². The molecule has 0 radical (unpaired) electrons. The van der Waals surface area contributed by atoms with E-state index in [1.54, 1.807) is 0 Å². The monoisotopic (exact) mass is 246 g/mol. The van der Waals surface area contributed by atoms with Gasteiger partial charge in [0.1, 0.15) is 0 Å². The van der Waals surface area contributed by atoms with Crippen LogP contribution in [-0.4, -0.2) is 34.4 Å². The molecule has 0 aromatic carbocycles. The van der Waals surface area contributed by atoms with Crippen LogP contribution in [0.15, 0.2) is 18.3 Å².